The molecule has 0 radical (unpaired) electrons. The van der Waals surface area contributed by atoms with Crippen LogP contribution >= 0.6 is 0 Å². The minimum Gasteiger partial charge on any atom is -0.497 e. The lowest BCUT2D eigenvalue weighted by atomic mass is 10.1. The molecule has 2 aromatic rings. The van der Waals surface area contributed by atoms with Gasteiger partial charge in [0.2, 0.25) is 0 Å². The molecule has 0 amide bonds. The summed E-state index contributed by atoms with van der Waals surface area (Å²) in [4.78, 5) is 0. The van der Waals surface area contributed by atoms with Crippen molar-refractivity contribution >= 4 is 5.84 Å². The summed E-state index contributed by atoms with van der Waals surface area (Å²) in [5.41, 5.74) is 5.78. The smallest absolute Gasteiger partial charge is 0.173 e. The number of hydrogen-bond acceptors (Lipinski definition) is 4. The SMILES string of the molecule is COc1ccc(/C(N)=N/O)c(Oc2cc(F)cc(F)c2)c1. The number of halogens is 2. The molecule has 0 bridgehead atoms. The van der Waals surface area contributed by atoms with Crippen LogP contribution in [-0.4, -0.2) is 18.2 Å². The van der Waals surface area contributed by atoms with Gasteiger partial charge in [-0.15, -0.1) is 0 Å². The summed E-state index contributed by atoms with van der Waals surface area (Å²) < 4.78 is 36.8. The fourth-order valence-corrected chi connectivity index (χ4v) is 1.69. The van der Waals surface area contributed by atoms with Gasteiger partial charge in [-0.3, -0.25) is 0 Å². The molecule has 21 heavy (non-hydrogen) atoms. The normalized spacial score (nSPS) is 11.3. The third-order valence-corrected chi connectivity index (χ3v) is 2.64. The van der Waals surface area contributed by atoms with Crippen LogP contribution in [0, 0.1) is 11.6 Å². The Morgan fingerprint density at radius 3 is 2.33 bits per heavy atom. The zero-order chi connectivity index (χ0) is 15.4. The molecule has 7 heteroatoms. The van der Waals surface area contributed by atoms with E-state index in [-0.39, 0.29) is 22.9 Å². The van der Waals surface area contributed by atoms with Crippen molar-refractivity contribution < 1.29 is 23.5 Å². The Labute approximate surface area is 119 Å². The van der Waals surface area contributed by atoms with Crippen molar-refractivity contribution in [3.63, 3.8) is 0 Å². The van der Waals surface area contributed by atoms with Crippen LogP contribution in [0.2, 0.25) is 0 Å². The number of hydrogen-bond donors (Lipinski definition) is 2. The monoisotopic (exact) mass is 294 g/mol. The van der Waals surface area contributed by atoms with Gasteiger partial charge in [0.1, 0.15) is 28.9 Å². The highest BCUT2D eigenvalue weighted by Gasteiger charge is 2.12. The van der Waals surface area contributed by atoms with Crippen molar-refractivity contribution in [2.45, 2.75) is 0 Å². The molecule has 2 aromatic carbocycles. The molecule has 0 heterocycles. The molecule has 0 saturated heterocycles. The van der Waals surface area contributed by atoms with Crippen molar-refractivity contribution in [3.05, 3.63) is 53.6 Å². The summed E-state index contributed by atoms with van der Waals surface area (Å²) in [7, 11) is 1.45. The van der Waals surface area contributed by atoms with E-state index in [2.05, 4.69) is 5.16 Å². The molecular formula is C14H12F2N2O3. The van der Waals surface area contributed by atoms with Gasteiger partial charge in [-0.2, -0.15) is 0 Å². The number of benzene rings is 2. The van der Waals surface area contributed by atoms with Gasteiger partial charge < -0.3 is 20.4 Å². The van der Waals surface area contributed by atoms with Crippen LogP contribution in [0.4, 0.5) is 8.78 Å². The molecule has 0 aromatic heterocycles. The van der Waals surface area contributed by atoms with Gasteiger partial charge in [0.05, 0.1) is 12.7 Å². The van der Waals surface area contributed by atoms with Crippen LogP contribution in [-0.2, 0) is 0 Å². The number of ether oxygens (including phenoxy) is 2. The zero-order valence-corrected chi connectivity index (χ0v) is 11.0. The lowest BCUT2D eigenvalue weighted by Crippen LogP contribution is -2.14. The third-order valence-electron chi connectivity index (χ3n) is 2.64. The number of rotatable bonds is 4. The maximum Gasteiger partial charge on any atom is 0.173 e. The first-order valence-electron chi connectivity index (χ1n) is 5.83. The van der Waals surface area contributed by atoms with Gasteiger partial charge in [-0.05, 0) is 12.1 Å². The summed E-state index contributed by atoms with van der Waals surface area (Å²) in [6, 6.07) is 7.28. The molecule has 5 nitrogen and oxygen atoms in total. The van der Waals surface area contributed by atoms with E-state index in [9.17, 15) is 8.78 Å². The van der Waals surface area contributed by atoms with Crippen molar-refractivity contribution in [3.8, 4) is 17.2 Å². The summed E-state index contributed by atoms with van der Waals surface area (Å²) >= 11 is 0. The largest absolute Gasteiger partial charge is 0.497 e. The Kier molecular flexibility index (Phi) is 4.22. The number of oxime groups is 1. The second kappa shape index (κ2) is 6.08. The molecule has 0 aliphatic rings. The molecule has 0 aliphatic carbocycles. The first kappa shape index (κ1) is 14.6. The molecule has 3 N–H and O–H groups in total. The van der Waals surface area contributed by atoms with Crippen LogP contribution in [0.3, 0.4) is 0 Å². The Balaban J connectivity index is 2.45. The van der Waals surface area contributed by atoms with Crippen LogP contribution in [0.25, 0.3) is 0 Å². The highest BCUT2D eigenvalue weighted by Crippen LogP contribution is 2.30. The van der Waals surface area contributed by atoms with Crippen molar-refractivity contribution in [1.29, 1.82) is 0 Å². The van der Waals surface area contributed by atoms with Crippen molar-refractivity contribution in [2.24, 2.45) is 10.9 Å². The van der Waals surface area contributed by atoms with E-state index in [4.69, 9.17) is 20.4 Å². The number of methoxy groups -OCH3 is 1. The molecule has 0 unspecified atom stereocenters. The number of amidine groups is 1. The lowest BCUT2D eigenvalue weighted by Gasteiger charge is -2.12. The molecule has 0 spiro atoms. The predicted octanol–water partition coefficient (Wildman–Crippen LogP) is 2.86. The molecule has 0 saturated carbocycles. The van der Waals surface area contributed by atoms with E-state index in [1.54, 1.807) is 6.07 Å². The van der Waals surface area contributed by atoms with Crippen molar-refractivity contribution in [2.75, 3.05) is 7.11 Å². The van der Waals surface area contributed by atoms with Gasteiger partial charge in [0.15, 0.2) is 5.84 Å². The fraction of sp³-hybridized carbons (Fsp3) is 0.0714. The molecule has 110 valence electrons. The summed E-state index contributed by atoms with van der Waals surface area (Å²) in [5, 5.41) is 11.6. The molecule has 2 rings (SSSR count). The first-order valence-corrected chi connectivity index (χ1v) is 5.83. The Morgan fingerprint density at radius 1 is 1.10 bits per heavy atom. The van der Waals surface area contributed by atoms with Gasteiger partial charge in [-0.25, -0.2) is 8.78 Å². The van der Waals surface area contributed by atoms with Crippen LogP contribution in [0.5, 0.6) is 17.2 Å². The maximum absolute atomic E-state index is 13.2. The van der Waals surface area contributed by atoms with Gasteiger partial charge in [0.25, 0.3) is 0 Å². The quantitative estimate of drug-likeness (QED) is 0.393. The Bertz CT molecular complexity index is 670. The maximum atomic E-state index is 13.2. The van der Waals surface area contributed by atoms with E-state index in [0.29, 0.717) is 5.75 Å². The fourth-order valence-electron chi connectivity index (χ4n) is 1.69. The van der Waals surface area contributed by atoms with E-state index < -0.39 is 11.6 Å². The summed E-state index contributed by atoms with van der Waals surface area (Å²) in [6.07, 6.45) is 0. The number of nitrogens with two attached hydrogens (primary N) is 1. The molecule has 0 aliphatic heterocycles. The predicted molar refractivity (Wildman–Crippen MR) is 71.9 cm³/mol. The second-order valence-corrected chi connectivity index (χ2v) is 4.05. The Hall–Kier alpha value is -2.83. The van der Waals surface area contributed by atoms with Crippen molar-refractivity contribution in [1.82, 2.24) is 0 Å². The van der Waals surface area contributed by atoms with E-state index >= 15 is 0 Å². The van der Waals surface area contributed by atoms with Gasteiger partial charge >= 0.3 is 0 Å². The first-order chi connectivity index (χ1) is 10.0. The molecular weight excluding hydrogens is 282 g/mol. The Morgan fingerprint density at radius 2 is 1.76 bits per heavy atom. The van der Waals surface area contributed by atoms with E-state index in [1.807, 2.05) is 0 Å². The zero-order valence-electron chi connectivity index (χ0n) is 11.0. The highest BCUT2D eigenvalue weighted by molar-refractivity contribution is 5.99. The van der Waals surface area contributed by atoms with Crippen LogP contribution < -0.4 is 15.2 Å². The second-order valence-electron chi connectivity index (χ2n) is 4.05. The minimum atomic E-state index is -0.779. The number of nitrogens with zero attached hydrogens (tertiary/aromatic N) is 1. The molecule has 0 atom stereocenters. The molecule has 0 fully saturated rings. The minimum absolute atomic E-state index is 0.0623. The van der Waals surface area contributed by atoms with Crippen LogP contribution in [0.15, 0.2) is 41.6 Å². The van der Waals surface area contributed by atoms with Gasteiger partial charge in [0, 0.05) is 24.3 Å². The topological polar surface area (TPSA) is 77.1 Å². The van der Waals surface area contributed by atoms with E-state index in [1.165, 1.54) is 19.2 Å². The van der Waals surface area contributed by atoms with E-state index in [0.717, 1.165) is 18.2 Å². The highest BCUT2D eigenvalue weighted by atomic mass is 19.1. The average Bonchev–Trinajstić information content (AvgIpc) is 2.45. The summed E-state index contributed by atoms with van der Waals surface area (Å²) in [5.74, 6) is -1.25. The standard InChI is InChI=1S/C14H12F2N2O3/c1-20-10-2-3-12(14(17)18-19)13(7-10)21-11-5-8(15)4-9(16)6-11/h2-7,19H,1H3,(H2,17,18). The average molecular weight is 294 g/mol. The van der Waals surface area contributed by atoms with Gasteiger partial charge in [-0.1, -0.05) is 5.16 Å². The third kappa shape index (κ3) is 3.38. The lowest BCUT2D eigenvalue weighted by molar-refractivity contribution is 0.318. The summed E-state index contributed by atoms with van der Waals surface area (Å²) in [6.45, 7) is 0. The van der Waals surface area contributed by atoms with Crippen LogP contribution in [0.1, 0.15) is 5.56 Å².